The molecule has 8 nitrogen and oxygen atoms in total. The zero-order chi connectivity index (χ0) is 28.4. The number of carbonyl (C=O) groups is 2. The van der Waals surface area contributed by atoms with E-state index >= 15 is 0 Å². The zero-order valence-corrected chi connectivity index (χ0v) is 23.9. The first-order valence-electron chi connectivity index (χ1n) is 13.9. The van der Waals surface area contributed by atoms with E-state index < -0.39 is 46.5 Å². The number of aliphatic hydroxyl groups is 1. The highest BCUT2D eigenvalue weighted by Gasteiger charge is 2.77. The van der Waals surface area contributed by atoms with Crippen molar-refractivity contribution in [3.63, 3.8) is 0 Å². The van der Waals surface area contributed by atoms with Gasteiger partial charge in [0.1, 0.15) is 17.4 Å². The molecule has 0 radical (unpaired) electrons. The van der Waals surface area contributed by atoms with Gasteiger partial charge >= 0.3 is 11.6 Å². The average Bonchev–Trinajstić information content (AvgIpc) is 3.31. The van der Waals surface area contributed by atoms with E-state index in [0.717, 1.165) is 6.42 Å². The third-order valence-electron chi connectivity index (χ3n) is 10.4. The maximum absolute atomic E-state index is 14.8. The van der Waals surface area contributed by atoms with Crippen molar-refractivity contribution < 1.29 is 33.3 Å². The minimum atomic E-state index is -1.90. The molecule has 2 unspecified atom stereocenters. The van der Waals surface area contributed by atoms with E-state index in [1.54, 1.807) is 27.7 Å². The van der Waals surface area contributed by atoms with Crippen LogP contribution in [0.1, 0.15) is 69.6 Å². The molecule has 210 valence electrons. The molecule has 6 rings (SSSR count). The second-order valence-corrected chi connectivity index (χ2v) is 13.5. The van der Waals surface area contributed by atoms with Gasteiger partial charge in [-0.25, -0.2) is 9.59 Å². The molecule has 2 bridgehead atoms. The summed E-state index contributed by atoms with van der Waals surface area (Å²) in [4.78, 5) is 40.2. The number of ketones is 1. The predicted molar refractivity (Wildman–Crippen MR) is 141 cm³/mol. The first kappa shape index (κ1) is 26.7. The standard InChI is InChI=1S/C31H38O8/c1-14-9-21(32)37-17(4)22(14)27(34)38-25-15(2)12-30-16(3)10-20-23(28(20,5)6)19(24(30)33)11-18-13-36-29(7,8)39-26(18)31(25,30)35/h9,11-12,16,19-20,23,25-26,35H,10,13H2,1-8H3/t16?,19-,20+,23+,25-,26+,30?,31+/m0/s1. The van der Waals surface area contributed by atoms with E-state index in [0.29, 0.717) is 22.6 Å². The number of esters is 1. The lowest BCUT2D eigenvalue weighted by molar-refractivity contribution is -0.302. The summed E-state index contributed by atoms with van der Waals surface area (Å²) in [5.74, 6) is -1.80. The second-order valence-electron chi connectivity index (χ2n) is 13.5. The SMILES string of the molecule is CC1=CC23C(=O)[C@@H](C=C4COC(C)(C)O[C@H]4[C@]2(O)[C@H]1OC(=O)c1c(C)cc(=O)oc1C)[C@@H]1[C@@H](CC3C)C1(C)C. The van der Waals surface area contributed by atoms with Gasteiger partial charge in [0, 0.05) is 12.0 Å². The van der Waals surface area contributed by atoms with Crippen LogP contribution in [0.3, 0.4) is 0 Å². The highest BCUT2D eigenvalue weighted by molar-refractivity contribution is 5.96. The molecule has 1 aromatic heterocycles. The Morgan fingerprint density at radius 2 is 1.82 bits per heavy atom. The molecular weight excluding hydrogens is 500 g/mol. The number of ether oxygens (including phenoxy) is 3. The smallest absolute Gasteiger partial charge is 0.342 e. The summed E-state index contributed by atoms with van der Waals surface area (Å²) in [7, 11) is 0. The Kier molecular flexibility index (Phi) is 5.48. The topological polar surface area (TPSA) is 112 Å². The van der Waals surface area contributed by atoms with Crippen molar-refractivity contribution in [1.82, 2.24) is 0 Å². The van der Waals surface area contributed by atoms with Gasteiger partial charge in [0.15, 0.2) is 23.3 Å². The molecule has 39 heavy (non-hydrogen) atoms. The van der Waals surface area contributed by atoms with Gasteiger partial charge in [-0.2, -0.15) is 0 Å². The number of carbonyl (C=O) groups excluding carboxylic acids is 2. The van der Waals surface area contributed by atoms with Crippen molar-refractivity contribution in [3.05, 3.63) is 56.7 Å². The van der Waals surface area contributed by atoms with Crippen LogP contribution in [-0.2, 0) is 19.0 Å². The van der Waals surface area contributed by atoms with Crippen LogP contribution in [0.4, 0.5) is 0 Å². The normalized spacial score (nSPS) is 41.2. The molecule has 3 fully saturated rings. The van der Waals surface area contributed by atoms with E-state index in [1.165, 1.54) is 13.0 Å². The number of hydrogen-bond acceptors (Lipinski definition) is 8. The molecule has 8 heteroatoms. The Morgan fingerprint density at radius 3 is 2.49 bits per heavy atom. The van der Waals surface area contributed by atoms with Gasteiger partial charge in [-0.15, -0.1) is 0 Å². The summed E-state index contributed by atoms with van der Waals surface area (Å²) in [5.41, 5.74) is -1.92. The van der Waals surface area contributed by atoms with Crippen LogP contribution in [0.25, 0.3) is 0 Å². The zero-order valence-electron chi connectivity index (χ0n) is 23.9. The van der Waals surface area contributed by atoms with Crippen LogP contribution in [0, 0.1) is 48.3 Å². The summed E-state index contributed by atoms with van der Waals surface area (Å²) in [6, 6.07) is 1.24. The van der Waals surface area contributed by atoms with E-state index in [-0.39, 0.29) is 41.0 Å². The van der Waals surface area contributed by atoms with Crippen LogP contribution < -0.4 is 5.63 Å². The third-order valence-corrected chi connectivity index (χ3v) is 10.4. The lowest BCUT2D eigenvalue weighted by atomic mass is 9.59. The molecule has 4 aliphatic carbocycles. The van der Waals surface area contributed by atoms with Gasteiger partial charge in [0.05, 0.1) is 12.0 Å². The number of fused-ring (bicyclic) bond motifs is 5. The number of hydrogen-bond donors (Lipinski definition) is 1. The first-order chi connectivity index (χ1) is 18.1. The maximum Gasteiger partial charge on any atom is 0.342 e. The quantitative estimate of drug-likeness (QED) is 0.443. The van der Waals surface area contributed by atoms with Crippen molar-refractivity contribution in [2.45, 2.75) is 85.4 Å². The fourth-order valence-corrected chi connectivity index (χ4v) is 8.53. The van der Waals surface area contributed by atoms with Crippen molar-refractivity contribution in [3.8, 4) is 0 Å². The van der Waals surface area contributed by atoms with Gasteiger partial charge in [-0.3, -0.25) is 4.79 Å². The lowest BCUT2D eigenvalue weighted by Gasteiger charge is -2.52. The molecule has 2 heterocycles. The third kappa shape index (κ3) is 3.37. The molecule has 0 amide bonds. The van der Waals surface area contributed by atoms with E-state index in [4.69, 9.17) is 18.6 Å². The molecular formula is C31H38O8. The first-order valence-corrected chi connectivity index (χ1v) is 13.9. The molecule has 0 aromatic carbocycles. The fourth-order valence-electron chi connectivity index (χ4n) is 8.53. The molecule has 1 saturated heterocycles. The van der Waals surface area contributed by atoms with Crippen molar-refractivity contribution in [2.75, 3.05) is 6.61 Å². The number of Topliss-reactive ketones (excluding diaryl/α,β-unsaturated/α-hetero) is 1. The summed E-state index contributed by atoms with van der Waals surface area (Å²) < 4.78 is 23.8. The van der Waals surface area contributed by atoms with Gasteiger partial charge in [0.25, 0.3) is 0 Å². The molecule has 5 aliphatic rings. The second kappa shape index (κ2) is 8.02. The number of rotatable bonds is 2. The monoisotopic (exact) mass is 538 g/mol. The predicted octanol–water partition coefficient (Wildman–Crippen LogP) is 4.05. The molecule has 1 N–H and O–H groups in total. The lowest BCUT2D eigenvalue weighted by Crippen LogP contribution is -2.68. The molecule has 8 atom stereocenters. The Bertz CT molecular complexity index is 1390. The van der Waals surface area contributed by atoms with Crippen molar-refractivity contribution in [2.24, 2.45) is 34.5 Å². The van der Waals surface area contributed by atoms with E-state index in [2.05, 4.69) is 13.8 Å². The molecule has 1 spiro atoms. The molecule has 1 aliphatic heterocycles. The summed E-state index contributed by atoms with van der Waals surface area (Å²) >= 11 is 0. The Labute approximate surface area is 228 Å². The van der Waals surface area contributed by atoms with Crippen LogP contribution >= 0.6 is 0 Å². The van der Waals surface area contributed by atoms with E-state index in [1.807, 2.05) is 19.1 Å². The largest absolute Gasteiger partial charge is 0.451 e. The van der Waals surface area contributed by atoms with Gasteiger partial charge in [-0.05, 0) is 80.9 Å². The van der Waals surface area contributed by atoms with Crippen LogP contribution in [0.2, 0.25) is 0 Å². The summed E-state index contributed by atoms with van der Waals surface area (Å²) in [6.45, 7) is 15.2. The van der Waals surface area contributed by atoms with Crippen LogP contribution in [-0.4, -0.2) is 47.1 Å². The average molecular weight is 539 g/mol. The minimum absolute atomic E-state index is 0.0103. The molecule has 2 saturated carbocycles. The van der Waals surface area contributed by atoms with Gasteiger partial charge < -0.3 is 23.7 Å². The fraction of sp³-hybridized carbons (Fsp3) is 0.645. The minimum Gasteiger partial charge on any atom is -0.451 e. The maximum atomic E-state index is 14.8. The Morgan fingerprint density at radius 1 is 1.13 bits per heavy atom. The van der Waals surface area contributed by atoms with Crippen molar-refractivity contribution >= 4 is 11.8 Å². The summed E-state index contributed by atoms with van der Waals surface area (Å²) in [6.07, 6.45) is 2.51. The highest BCUT2D eigenvalue weighted by Crippen LogP contribution is 2.72. The van der Waals surface area contributed by atoms with Crippen LogP contribution in [0.5, 0.6) is 0 Å². The van der Waals surface area contributed by atoms with E-state index in [9.17, 15) is 19.5 Å². The summed E-state index contributed by atoms with van der Waals surface area (Å²) in [5, 5.41) is 13.1. The highest BCUT2D eigenvalue weighted by atomic mass is 16.7. The Balaban J connectivity index is 1.52. The van der Waals surface area contributed by atoms with Crippen LogP contribution in [0.15, 0.2) is 38.6 Å². The van der Waals surface area contributed by atoms with Gasteiger partial charge in [0.2, 0.25) is 0 Å². The number of allylic oxidation sites excluding steroid dienone is 1. The molecule has 1 aromatic rings. The van der Waals surface area contributed by atoms with Crippen molar-refractivity contribution in [1.29, 1.82) is 0 Å². The Hall–Kier alpha value is -2.55. The number of aryl methyl sites for hydroxylation is 2. The van der Waals surface area contributed by atoms with Gasteiger partial charge in [-0.1, -0.05) is 32.9 Å².